The van der Waals surface area contributed by atoms with Gasteiger partial charge in [0.15, 0.2) is 0 Å². The Hall–Kier alpha value is -0.380. The number of hydrogen-bond acceptors (Lipinski definition) is 3. The topological polar surface area (TPSA) is 29.3 Å². The number of fused-ring (bicyclic) bond motifs is 1. The van der Waals surface area contributed by atoms with E-state index in [2.05, 4.69) is 37.1 Å². The molecule has 0 aliphatic carbocycles. The van der Waals surface area contributed by atoms with Crippen LogP contribution in [0.15, 0.2) is 11.4 Å². The van der Waals surface area contributed by atoms with Gasteiger partial charge in [0.2, 0.25) is 0 Å². The Labute approximate surface area is 102 Å². The highest BCUT2D eigenvalue weighted by atomic mass is 32.1. The molecule has 0 radical (unpaired) electrons. The normalized spacial score (nSPS) is 19.5. The lowest BCUT2D eigenvalue weighted by molar-refractivity contribution is 0.0930. The molecule has 2 N–H and O–H groups in total. The third-order valence-corrected chi connectivity index (χ3v) is 4.52. The molecule has 1 aromatic heterocycles. The van der Waals surface area contributed by atoms with Gasteiger partial charge >= 0.3 is 0 Å². The molecule has 2 nitrogen and oxygen atoms in total. The van der Waals surface area contributed by atoms with Crippen molar-refractivity contribution in [2.24, 2.45) is 11.1 Å². The number of nitrogens with zero attached hydrogens (tertiary/aromatic N) is 1. The van der Waals surface area contributed by atoms with Gasteiger partial charge in [-0.1, -0.05) is 20.8 Å². The van der Waals surface area contributed by atoms with E-state index in [1.807, 2.05) is 11.3 Å². The van der Waals surface area contributed by atoms with Crippen molar-refractivity contribution in [3.63, 3.8) is 0 Å². The van der Waals surface area contributed by atoms with E-state index < -0.39 is 0 Å². The van der Waals surface area contributed by atoms with Gasteiger partial charge in [-0.05, 0) is 28.8 Å². The predicted molar refractivity (Wildman–Crippen MR) is 70.7 cm³/mol. The molecule has 0 amide bonds. The van der Waals surface area contributed by atoms with Crippen LogP contribution in [0.3, 0.4) is 0 Å². The Balaban J connectivity index is 2.13. The molecule has 0 fully saturated rings. The van der Waals surface area contributed by atoms with Crippen molar-refractivity contribution >= 4 is 11.3 Å². The van der Waals surface area contributed by atoms with Gasteiger partial charge in [-0.15, -0.1) is 11.3 Å². The molecule has 0 spiro atoms. The summed E-state index contributed by atoms with van der Waals surface area (Å²) >= 11 is 1.90. The highest BCUT2D eigenvalue weighted by Crippen LogP contribution is 2.30. The summed E-state index contributed by atoms with van der Waals surface area (Å²) < 4.78 is 0. The van der Waals surface area contributed by atoms with Crippen molar-refractivity contribution in [3.05, 3.63) is 21.9 Å². The third kappa shape index (κ3) is 2.31. The largest absolute Gasteiger partial charge is 0.329 e. The molecule has 0 saturated carbocycles. The standard InChI is InChI=1S/C13H22N2S/c1-13(2,3)12(8-14)15-6-4-11-10(9-15)5-7-16-11/h5,7,12H,4,6,8-9,14H2,1-3H3. The van der Waals surface area contributed by atoms with Crippen LogP contribution < -0.4 is 5.73 Å². The zero-order valence-corrected chi connectivity index (χ0v) is 11.3. The van der Waals surface area contributed by atoms with E-state index in [4.69, 9.17) is 5.73 Å². The van der Waals surface area contributed by atoms with E-state index in [0.29, 0.717) is 6.04 Å². The molecule has 90 valence electrons. The Morgan fingerprint density at radius 1 is 1.50 bits per heavy atom. The first-order valence-corrected chi connectivity index (χ1v) is 6.89. The zero-order valence-electron chi connectivity index (χ0n) is 10.5. The molecule has 1 unspecified atom stereocenters. The van der Waals surface area contributed by atoms with Gasteiger partial charge in [-0.2, -0.15) is 0 Å². The van der Waals surface area contributed by atoms with Crippen molar-refractivity contribution in [3.8, 4) is 0 Å². The van der Waals surface area contributed by atoms with Crippen LogP contribution in [0.5, 0.6) is 0 Å². The molecular formula is C13H22N2S. The van der Waals surface area contributed by atoms with E-state index in [-0.39, 0.29) is 5.41 Å². The summed E-state index contributed by atoms with van der Waals surface area (Å²) in [6.45, 7) is 9.85. The van der Waals surface area contributed by atoms with Crippen molar-refractivity contribution in [1.82, 2.24) is 4.90 Å². The summed E-state index contributed by atoms with van der Waals surface area (Å²) in [4.78, 5) is 4.12. The highest BCUT2D eigenvalue weighted by molar-refractivity contribution is 7.10. The van der Waals surface area contributed by atoms with E-state index in [1.54, 1.807) is 4.88 Å². The number of hydrogen-bond donors (Lipinski definition) is 1. The molecule has 0 aromatic carbocycles. The molecule has 0 saturated heterocycles. The van der Waals surface area contributed by atoms with Crippen LogP contribution in [-0.2, 0) is 13.0 Å². The van der Waals surface area contributed by atoms with Gasteiger partial charge in [0.05, 0.1) is 0 Å². The first-order chi connectivity index (χ1) is 7.52. The summed E-state index contributed by atoms with van der Waals surface area (Å²) in [6, 6.07) is 2.75. The van der Waals surface area contributed by atoms with E-state index in [1.165, 1.54) is 12.0 Å². The number of nitrogens with two attached hydrogens (primary N) is 1. The van der Waals surface area contributed by atoms with Crippen molar-refractivity contribution in [2.45, 2.75) is 39.8 Å². The zero-order chi connectivity index (χ0) is 11.8. The van der Waals surface area contributed by atoms with Crippen LogP contribution in [0.1, 0.15) is 31.2 Å². The molecule has 2 rings (SSSR count). The average molecular weight is 238 g/mol. The van der Waals surface area contributed by atoms with E-state index in [9.17, 15) is 0 Å². The second-order valence-corrected chi connectivity index (χ2v) is 6.71. The Morgan fingerprint density at radius 3 is 2.88 bits per heavy atom. The van der Waals surface area contributed by atoms with Gasteiger partial charge in [-0.3, -0.25) is 4.90 Å². The molecular weight excluding hydrogens is 216 g/mol. The monoisotopic (exact) mass is 238 g/mol. The van der Waals surface area contributed by atoms with Crippen molar-refractivity contribution < 1.29 is 0 Å². The van der Waals surface area contributed by atoms with Crippen LogP contribution in [0.2, 0.25) is 0 Å². The van der Waals surface area contributed by atoms with Crippen LogP contribution in [0.4, 0.5) is 0 Å². The molecule has 0 bridgehead atoms. The predicted octanol–water partition coefficient (Wildman–Crippen LogP) is 2.48. The SMILES string of the molecule is CC(C)(C)C(CN)N1CCc2sccc2C1. The summed E-state index contributed by atoms with van der Waals surface area (Å²) in [5.41, 5.74) is 7.73. The number of thiophene rings is 1. The van der Waals surface area contributed by atoms with E-state index in [0.717, 1.165) is 19.6 Å². The lowest BCUT2D eigenvalue weighted by atomic mass is 9.84. The molecule has 3 heteroatoms. The quantitative estimate of drug-likeness (QED) is 0.857. The van der Waals surface area contributed by atoms with Crippen molar-refractivity contribution in [2.75, 3.05) is 13.1 Å². The van der Waals surface area contributed by atoms with Crippen molar-refractivity contribution in [1.29, 1.82) is 0 Å². The smallest absolute Gasteiger partial charge is 0.0270 e. The van der Waals surface area contributed by atoms with Crippen LogP contribution in [0.25, 0.3) is 0 Å². The summed E-state index contributed by atoms with van der Waals surface area (Å²) in [6.07, 6.45) is 1.19. The Kier molecular flexibility index (Phi) is 3.38. The van der Waals surface area contributed by atoms with Gasteiger partial charge in [0, 0.05) is 30.6 Å². The first kappa shape index (κ1) is 12.1. The summed E-state index contributed by atoms with van der Waals surface area (Å²) in [7, 11) is 0. The molecule has 16 heavy (non-hydrogen) atoms. The maximum atomic E-state index is 5.95. The lowest BCUT2D eigenvalue weighted by Gasteiger charge is -2.41. The number of rotatable bonds is 2. The first-order valence-electron chi connectivity index (χ1n) is 6.01. The molecule has 1 aliphatic heterocycles. The second-order valence-electron chi connectivity index (χ2n) is 5.71. The van der Waals surface area contributed by atoms with Crippen LogP contribution in [0, 0.1) is 5.41 Å². The lowest BCUT2D eigenvalue weighted by Crippen LogP contribution is -2.50. The minimum absolute atomic E-state index is 0.266. The fourth-order valence-corrected chi connectivity index (χ4v) is 3.48. The van der Waals surface area contributed by atoms with Gasteiger partial charge in [0.1, 0.15) is 0 Å². The van der Waals surface area contributed by atoms with E-state index >= 15 is 0 Å². The molecule has 1 atom stereocenters. The van der Waals surface area contributed by atoms with Gasteiger partial charge < -0.3 is 5.73 Å². The fraction of sp³-hybridized carbons (Fsp3) is 0.692. The van der Waals surface area contributed by atoms with Gasteiger partial charge in [0.25, 0.3) is 0 Å². The average Bonchev–Trinajstić information content (AvgIpc) is 2.63. The molecule has 1 aromatic rings. The maximum absolute atomic E-state index is 5.95. The summed E-state index contributed by atoms with van der Waals surface area (Å²) in [5, 5.41) is 2.21. The minimum atomic E-state index is 0.266. The minimum Gasteiger partial charge on any atom is -0.329 e. The molecule has 1 aliphatic rings. The second kappa shape index (κ2) is 4.47. The summed E-state index contributed by atoms with van der Waals surface area (Å²) in [5.74, 6) is 0. The van der Waals surface area contributed by atoms with Crippen LogP contribution >= 0.6 is 11.3 Å². The third-order valence-electron chi connectivity index (χ3n) is 3.50. The Bertz CT molecular complexity index is 351. The van der Waals surface area contributed by atoms with Gasteiger partial charge in [-0.25, -0.2) is 0 Å². The maximum Gasteiger partial charge on any atom is 0.0270 e. The van der Waals surface area contributed by atoms with Crippen LogP contribution in [-0.4, -0.2) is 24.0 Å². The Morgan fingerprint density at radius 2 is 2.25 bits per heavy atom. The molecule has 2 heterocycles. The highest BCUT2D eigenvalue weighted by Gasteiger charge is 2.31. The fourth-order valence-electron chi connectivity index (χ4n) is 2.59.